The van der Waals surface area contributed by atoms with Gasteiger partial charge in [-0.2, -0.15) is 0 Å². The zero-order chi connectivity index (χ0) is 10.4. The van der Waals surface area contributed by atoms with E-state index in [1.807, 2.05) is 0 Å². The molecule has 5 heteroatoms. The van der Waals surface area contributed by atoms with E-state index in [9.17, 15) is 10.1 Å². The molecule has 1 aromatic carbocycles. The van der Waals surface area contributed by atoms with Crippen LogP contribution < -0.4 is 5.32 Å². The molecule has 0 aliphatic carbocycles. The van der Waals surface area contributed by atoms with Gasteiger partial charge in [0.25, 0.3) is 5.69 Å². The number of nitrogens with one attached hydrogen (secondary N) is 1. The molecule has 0 amide bonds. The maximum atomic E-state index is 10.4. The molecule has 14 heavy (non-hydrogen) atoms. The Morgan fingerprint density at radius 2 is 2.50 bits per heavy atom. The van der Waals surface area contributed by atoms with Crippen molar-refractivity contribution in [2.45, 2.75) is 0 Å². The predicted molar refractivity (Wildman–Crippen MR) is 52.3 cm³/mol. The minimum absolute atomic E-state index is 0.0348. The molecule has 1 aromatic rings. The van der Waals surface area contributed by atoms with Gasteiger partial charge in [0.1, 0.15) is 0 Å². The molecular formula is C9H11N2O3. The molecule has 0 bridgehead atoms. The van der Waals surface area contributed by atoms with Gasteiger partial charge < -0.3 is 10.1 Å². The van der Waals surface area contributed by atoms with Crippen molar-refractivity contribution in [2.75, 3.05) is 25.6 Å². The zero-order valence-electron chi connectivity index (χ0n) is 7.82. The molecule has 0 heterocycles. The fraction of sp³-hybridized carbons (Fsp3) is 0.333. The zero-order valence-corrected chi connectivity index (χ0v) is 7.82. The van der Waals surface area contributed by atoms with E-state index in [4.69, 9.17) is 4.74 Å². The van der Waals surface area contributed by atoms with Gasteiger partial charge >= 0.3 is 0 Å². The number of non-ortho nitro benzene ring substituents is 1. The minimum atomic E-state index is -0.471. The van der Waals surface area contributed by atoms with Crippen molar-refractivity contribution in [1.29, 1.82) is 0 Å². The maximum absolute atomic E-state index is 10.4. The molecule has 75 valence electrons. The lowest BCUT2D eigenvalue weighted by Gasteiger charge is -2.04. The van der Waals surface area contributed by atoms with Crippen molar-refractivity contribution >= 4 is 11.4 Å². The molecule has 1 rings (SSSR count). The van der Waals surface area contributed by atoms with Crippen LogP contribution in [0.5, 0.6) is 0 Å². The normalized spacial score (nSPS) is 9.79. The first kappa shape index (κ1) is 10.5. The molecule has 5 nitrogen and oxygen atoms in total. The highest BCUT2D eigenvalue weighted by molar-refractivity contribution is 5.50. The molecule has 0 saturated heterocycles. The lowest BCUT2D eigenvalue weighted by Crippen LogP contribution is -2.07. The summed E-state index contributed by atoms with van der Waals surface area (Å²) in [6.07, 6.45) is 0. The second-order valence-electron chi connectivity index (χ2n) is 2.64. The number of hydrogen-bond donors (Lipinski definition) is 1. The molecular weight excluding hydrogens is 184 g/mol. The molecule has 0 atom stereocenters. The van der Waals surface area contributed by atoms with Crippen LogP contribution >= 0.6 is 0 Å². The number of hydrogen-bond acceptors (Lipinski definition) is 4. The monoisotopic (exact) mass is 195 g/mol. The summed E-state index contributed by atoms with van der Waals surface area (Å²) in [6.45, 7) is 1.18. The highest BCUT2D eigenvalue weighted by atomic mass is 16.6. The first-order valence-corrected chi connectivity index (χ1v) is 4.13. The number of nitrogens with zero attached hydrogens (tertiary/aromatic N) is 1. The van der Waals surface area contributed by atoms with Gasteiger partial charge in [-0.3, -0.25) is 10.1 Å². The minimum Gasteiger partial charge on any atom is -0.383 e. The first-order chi connectivity index (χ1) is 6.74. The van der Waals surface area contributed by atoms with Gasteiger partial charge in [0.2, 0.25) is 0 Å². The van der Waals surface area contributed by atoms with Crippen molar-refractivity contribution in [3.05, 3.63) is 34.4 Å². The van der Waals surface area contributed by atoms with E-state index >= 15 is 0 Å². The highest BCUT2D eigenvalue weighted by Crippen LogP contribution is 2.15. The van der Waals surface area contributed by atoms with E-state index in [1.54, 1.807) is 13.2 Å². The van der Waals surface area contributed by atoms with E-state index in [0.29, 0.717) is 18.8 Å². The molecule has 1 N–H and O–H groups in total. The molecule has 1 radical (unpaired) electrons. The summed E-state index contributed by atoms with van der Waals surface area (Å²) in [6, 6.07) is 7.21. The van der Waals surface area contributed by atoms with Crippen LogP contribution in [0, 0.1) is 16.2 Å². The van der Waals surface area contributed by atoms with Crippen LogP contribution in [-0.2, 0) is 4.74 Å². The number of methoxy groups -OCH3 is 1. The summed E-state index contributed by atoms with van der Waals surface area (Å²) >= 11 is 0. The van der Waals surface area contributed by atoms with Crippen molar-refractivity contribution in [3.8, 4) is 0 Å². The van der Waals surface area contributed by atoms with Gasteiger partial charge in [-0.1, -0.05) is 0 Å². The summed E-state index contributed by atoms with van der Waals surface area (Å²) in [4.78, 5) is 9.93. The van der Waals surface area contributed by atoms with E-state index in [1.165, 1.54) is 12.1 Å². The first-order valence-electron chi connectivity index (χ1n) is 4.13. The van der Waals surface area contributed by atoms with E-state index in [-0.39, 0.29) is 5.69 Å². The molecule has 0 aliphatic rings. The number of nitro benzene ring substituents is 1. The molecule has 0 fully saturated rings. The third kappa shape index (κ3) is 3.02. The molecule has 0 saturated carbocycles. The van der Waals surface area contributed by atoms with Crippen molar-refractivity contribution in [1.82, 2.24) is 0 Å². The summed E-state index contributed by atoms with van der Waals surface area (Å²) in [7, 11) is 1.60. The third-order valence-corrected chi connectivity index (χ3v) is 1.62. The Morgan fingerprint density at radius 3 is 3.14 bits per heavy atom. The number of ether oxygens (including phenoxy) is 1. The molecule has 0 aliphatic heterocycles. The number of anilines is 1. The number of nitro groups is 1. The average molecular weight is 195 g/mol. The Bertz CT molecular complexity index is 315. The number of rotatable bonds is 5. The van der Waals surface area contributed by atoms with E-state index in [2.05, 4.69) is 11.4 Å². The van der Waals surface area contributed by atoms with Crippen molar-refractivity contribution < 1.29 is 9.66 Å². The van der Waals surface area contributed by atoms with Gasteiger partial charge in [-0.25, -0.2) is 0 Å². The van der Waals surface area contributed by atoms with Crippen LogP contribution in [-0.4, -0.2) is 25.2 Å². The smallest absolute Gasteiger partial charge is 0.279 e. The SMILES string of the molecule is COCCNc1cc[c]c([N+](=O)[O-])c1. The van der Waals surface area contributed by atoms with Crippen LogP contribution in [0.25, 0.3) is 0 Å². The molecule has 0 aromatic heterocycles. The Morgan fingerprint density at radius 1 is 1.71 bits per heavy atom. The topological polar surface area (TPSA) is 64.4 Å². The fourth-order valence-electron chi connectivity index (χ4n) is 0.967. The van der Waals surface area contributed by atoms with Crippen LogP contribution in [0.2, 0.25) is 0 Å². The van der Waals surface area contributed by atoms with E-state index in [0.717, 1.165) is 0 Å². The quantitative estimate of drug-likeness (QED) is 0.438. The van der Waals surface area contributed by atoms with Crippen molar-refractivity contribution in [2.24, 2.45) is 0 Å². The molecule has 0 unspecified atom stereocenters. The van der Waals surface area contributed by atoms with Gasteiger partial charge in [0, 0.05) is 25.4 Å². The maximum Gasteiger partial charge on any atom is 0.279 e. The second-order valence-corrected chi connectivity index (χ2v) is 2.64. The summed E-state index contributed by atoms with van der Waals surface area (Å²) in [5, 5.41) is 13.4. The third-order valence-electron chi connectivity index (χ3n) is 1.62. The van der Waals surface area contributed by atoms with Crippen LogP contribution in [0.4, 0.5) is 11.4 Å². The van der Waals surface area contributed by atoms with E-state index < -0.39 is 4.92 Å². The van der Waals surface area contributed by atoms with Gasteiger partial charge in [-0.15, -0.1) is 0 Å². The lowest BCUT2D eigenvalue weighted by molar-refractivity contribution is -0.385. The summed E-state index contributed by atoms with van der Waals surface area (Å²) in [5.41, 5.74) is 0.667. The summed E-state index contributed by atoms with van der Waals surface area (Å²) < 4.78 is 4.84. The lowest BCUT2D eigenvalue weighted by atomic mass is 10.3. The van der Waals surface area contributed by atoms with Crippen molar-refractivity contribution in [3.63, 3.8) is 0 Å². The van der Waals surface area contributed by atoms with Crippen LogP contribution in [0.15, 0.2) is 18.2 Å². The molecule has 0 spiro atoms. The largest absolute Gasteiger partial charge is 0.383 e. The standard InChI is InChI=1S/C9H11N2O3/c1-14-6-5-10-8-3-2-4-9(7-8)11(12)13/h2-3,7,10H,5-6H2,1H3. The van der Waals surface area contributed by atoms with Gasteiger partial charge in [-0.05, 0) is 12.1 Å². The van der Waals surface area contributed by atoms with Gasteiger partial charge in [0.05, 0.1) is 17.6 Å². The van der Waals surface area contributed by atoms with Gasteiger partial charge in [0.15, 0.2) is 0 Å². The van der Waals surface area contributed by atoms with Crippen LogP contribution in [0.1, 0.15) is 0 Å². The Kier molecular flexibility index (Phi) is 3.87. The van der Waals surface area contributed by atoms with Crippen LogP contribution in [0.3, 0.4) is 0 Å². The Labute approximate surface area is 81.8 Å². The highest BCUT2D eigenvalue weighted by Gasteiger charge is 2.05. The second kappa shape index (κ2) is 5.18. The number of benzene rings is 1. The summed E-state index contributed by atoms with van der Waals surface area (Å²) in [5.74, 6) is 0. The Hall–Kier alpha value is -1.62. The predicted octanol–water partition coefficient (Wildman–Crippen LogP) is 1.45. The average Bonchev–Trinajstić information content (AvgIpc) is 2.19. The Balaban J connectivity index is 2.59. The fourth-order valence-corrected chi connectivity index (χ4v) is 0.967.